The zero-order valence-electron chi connectivity index (χ0n) is 38.1. The lowest BCUT2D eigenvalue weighted by Crippen LogP contribution is -2.47. The highest BCUT2D eigenvalue weighted by atomic mass is 15.2. The lowest BCUT2D eigenvalue weighted by Gasteiger charge is -2.35. The summed E-state index contributed by atoms with van der Waals surface area (Å²) in [6.07, 6.45) is 5.98. The molecule has 1 aliphatic carbocycles. The molecule has 1 aromatic carbocycles. The van der Waals surface area contributed by atoms with Crippen molar-refractivity contribution in [1.82, 2.24) is 36.8 Å². The maximum absolute atomic E-state index is 4.56. The molecule has 5 atom stereocenters. The van der Waals surface area contributed by atoms with Crippen molar-refractivity contribution < 1.29 is 0 Å². The van der Waals surface area contributed by atoms with E-state index in [4.69, 9.17) is 0 Å². The van der Waals surface area contributed by atoms with E-state index in [-0.39, 0.29) is 24.2 Å². The van der Waals surface area contributed by atoms with Crippen molar-refractivity contribution in [3.63, 3.8) is 0 Å². The number of fused-ring (bicyclic) bond motifs is 1. The van der Waals surface area contributed by atoms with Crippen molar-refractivity contribution in [2.45, 2.75) is 131 Å². The molecule has 1 aliphatic heterocycles. The third kappa shape index (κ3) is 13.8. The fourth-order valence-electron chi connectivity index (χ4n) is 8.33. The van der Waals surface area contributed by atoms with Crippen molar-refractivity contribution >= 4 is 5.57 Å². The van der Waals surface area contributed by atoms with E-state index in [9.17, 15) is 0 Å². The van der Waals surface area contributed by atoms with E-state index in [2.05, 4.69) is 169 Å². The molecular formula is C51H81N7. The van der Waals surface area contributed by atoms with Crippen LogP contribution in [0, 0.1) is 17.8 Å². The molecule has 2 aliphatic rings. The smallest absolute Gasteiger partial charge is 0.0680 e. The molecule has 6 N–H and O–H groups in total. The molecule has 3 rings (SSSR count). The minimum Gasteiger partial charge on any atom is -0.388 e. The van der Waals surface area contributed by atoms with Gasteiger partial charge in [-0.3, -0.25) is 0 Å². The molecule has 7 nitrogen and oxygen atoms in total. The molecule has 0 aromatic heterocycles. The summed E-state index contributed by atoms with van der Waals surface area (Å²) in [5.41, 5.74) is 13.8. The Morgan fingerprint density at radius 2 is 1.36 bits per heavy atom. The number of rotatable bonds is 28. The quantitative estimate of drug-likeness (QED) is 0.0472. The molecule has 0 bridgehead atoms. The van der Waals surface area contributed by atoms with Gasteiger partial charge < -0.3 is 36.8 Å². The van der Waals surface area contributed by atoms with Crippen LogP contribution in [0.4, 0.5) is 0 Å². The summed E-state index contributed by atoms with van der Waals surface area (Å²) in [6.45, 7) is 58.1. The third-order valence-corrected chi connectivity index (χ3v) is 11.9. The van der Waals surface area contributed by atoms with Crippen molar-refractivity contribution in [2.24, 2.45) is 17.8 Å². The third-order valence-electron chi connectivity index (χ3n) is 11.9. The molecule has 0 amide bonds. The predicted molar refractivity (Wildman–Crippen MR) is 254 cm³/mol. The zero-order valence-corrected chi connectivity index (χ0v) is 38.1. The van der Waals surface area contributed by atoms with Crippen molar-refractivity contribution in [3.05, 3.63) is 139 Å². The van der Waals surface area contributed by atoms with E-state index in [0.717, 1.165) is 97.1 Å². The Hall–Kier alpha value is -4.52. The number of likely N-dealkylation sites (tertiary alicyclic amines) is 1. The van der Waals surface area contributed by atoms with E-state index >= 15 is 0 Å². The highest BCUT2D eigenvalue weighted by molar-refractivity contribution is 5.76. The topological polar surface area (TPSA) is 75.4 Å². The summed E-state index contributed by atoms with van der Waals surface area (Å²) in [6, 6.07) is 9.08. The van der Waals surface area contributed by atoms with Gasteiger partial charge in [0.2, 0.25) is 0 Å². The first-order chi connectivity index (χ1) is 27.3. The van der Waals surface area contributed by atoms with Crippen LogP contribution in [-0.2, 0) is 0 Å². The highest BCUT2D eigenvalue weighted by Crippen LogP contribution is 2.44. The van der Waals surface area contributed by atoms with Crippen LogP contribution in [0.15, 0.2) is 128 Å². The van der Waals surface area contributed by atoms with Crippen molar-refractivity contribution in [3.8, 4) is 0 Å². The summed E-state index contributed by atoms with van der Waals surface area (Å²) < 4.78 is 0. The number of hydrogen-bond donors (Lipinski definition) is 6. The second-order valence-corrected chi connectivity index (χ2v) is 18.1. The molecule has 0 radical (unpaired) electrons. The fraction of sp³-hybridized carbons (Fsp3) is 0.529. The SMILES string of the molecule is C=C(C)CNC(=C)[C@@H](NC(=C)C(CC(C)C)NC(=C)CNC(=C)C(NC(=C)[C@@H]1CCCN1C(=C)CCNC(=C)CCC1C(C)=C(C)c2ccccc21)C(C)C)C(C)C. The van der Waals surface area contributed by atoms with E-state index in [0.29, 0.717) is 36.8 Å². The van der Waals surface area contributed by atoms with Crippen LogP contribution in [0.2, 0.25) is 0 Å². The number of nitrogens with one attached hydrogen (secondary N) is 6. The van der Waals surface area contributed by atoms with Gasteiger partial charge in [0.25, 0.3) is 0 Å². The number of benzene rings is 1. The van der Waals surface area contributed by atoms with Gasteiger partial charge in [-0.25, -0.2) is 0 Å². The summed E-state index contributed by atoms with van der Waals surface area (Å²) in [5, 5.41) is 21.7. The first kappa shape index (κ1) is 47.9. The zero-order chi connectivity index (χ0) is 43.3. The number of allylic oxidation sites excluding steroid dienone is 3. The normalized spacial score (nSPS) is 17.7. The molecule has 58 heavy (non-hydrogen) atoms. The number of hydrogen-bond acceptors (Lipinski definition) is 7. The van der Waals surface area contributed by atoms with Crippen molar-refractivity contribution in [1.29, 1.82) is 0 Å². The second kappa shape index (κ2) is 22.6. The molecule has 320 valence electrons. The molecular weight excluding hydrogens is 711 g/mol. The highest BCUT2D eigenvalue weighted by Gasteiger charge is 2.30. The molecule has 1 saturated heterocycles. The Bertz CT molecular complexity index is 1690. The lowest BCUT2D eigenvalue weighted by molar-refractivity contribution is 0.321. The van der Waals surface area contributed by atoms with E-state index < -0.39 is 0 Å². The monoisotopic (exact) mass is 792 g/mol. The Kier molecular flexibility index (Phi) is 18.6. The number of nitrogens with zero attached hydrogens (tertiary/aromatic N) is 1. The maximum atomic E-state index is 4.56. The molecule has 0 spiro atoms. The summed E-state index contributed by atoms with van der Waals surface area (Å²) in [4.78, 5) is 2.44. The van der Waals surface area contributed by atoms with Gasteiger partial charge in [-0.15, -0.1) is 0 Å². The first-order valence-corrected chi connectivity index (χ1v) is 21.8. The molecule has 7 heteroatoms. The molecule has 1 heterocycles. The predicted octanol–water partition coefficient (Wildman–Crippen LogP) is 10.4. The van der Waals surface area contributed by atoms with Crippen LogP contribution < -0.4 is 31.9 Å². The Morgan fingerprint density at radius 1 is 0.741 bits per heavy atom. The van der Waals surface area contributed by atoms with Gasteiger partial charge in [-0.05, 0) is 87.3 Å². The van der Waals surface area contributed by atoms with Gasteiger partial charge in [0.05, 0.1) is 30.7 Å². The average Bonchev–Trinajstić information content (AvgIpc) is 3.75. The first-order valence-electron chi connectivity index (χ1n) is 21.8. The second-order valence-electron chi connectivity index (χ2n) is 18.1. The Balaban J connectivity index is 1.49. The van der Waals surface area contributed by atoms with Gasteiger partial charge in [0.15, 0.2) is 0 Å². The average molecular weight is 792 g/mol. The van der Waals surface area contributed by atoms with Gasteiger partial charge in [0.1, 0.15) is 0 Å². The molecule has 0 saturated carbocycles. The standard InChI is InChI=1S/C51H81N7/c1-32(2)29-48(41(14)56-50(34(5)6)43(16)53-30-33(3)4)55-37(10)31-54-44(17)51(35(7)8)57-42(15)49-23-20-28-58(49)38(11)26-27-52-36(9)24-25-46-40(13)39(12)45-21-18-19-22-47(45)46/h18-19,21-22,32,34-35,46,48-57H,3,9-11,14-17,20,23-31H2,1-2,4-8,12-13H3/t46?,48?,49-,50-,51?/m0/s1. The van der Waals surface area contributed by atoms with Gasteiger partial charge in [-0.1, -0.05) is 130 Å². The Labute approximate surface area is 355 Å². The van der Waals surface area contributed by atoms with E-state index in [1.807, 2.05) is 6.92 Å². The summed E-state index contributed by atoms with van der Waals surface area (Å²) in [5.74, 6) is 1.56. The van der Waals surface area contributed by atoms with Gasteiger partial charge in [-0.2, -0.15) is 0 Å². The van der Waals surface area contributed by atoms with Crippen LogP contribution in [0.1, 0.15) is 118 Å². The van der Waals surface area contributed by atoms with E-state index in [1.54, 1.807) is 0 Å². The molecule has 3 unspecified atom stereocenters. The minimum absolute atomic E-state index is 0.00251. The van der Waals surface area contributed by atoms with Crippen LogP contribution in [0.5, 0.6) is 0 Å². The minimum atomic E-state index is 0.00251. The van der Waals surface area contributed by atoms with Crippen LogP contribution >= 0.6 is 0 Å². The van der Waals surface area contributed by atoms with Gasteiger partial charge in [0, 0.05) is 71.9 Å². The van der Waals surface area contributed by atoms with E-state index in [1.165, 1.54) is 22.3 Å². The summed E-state index contributed by atoms with van der Waals surface area (Å²) >= 11 is 0. The lowest BCUT2D eigenvalue weighted by atomic mass is 9.91. The van der Waals surface area contributed by atoms with Crippen LogP contribution in [0.25, 0.3) is 5.57 Å². The summed E-state index contributed by atoms with van der Waals surface area (Å²) in [7, 11) is 0. The van der Waals surface area contributed by atoms with Gasteiger partial charge >= 0.3 is 0 Å². The fourth-order valence-corrected chi connectivity index (χ4v) is 8.33. The van der Waals surface area contributed by atoms with Crippen LogP contribution in [0.3, 0.4) is 0 Å². The largest absolute Gasteiger partial charge is 0.388 e. The van der Waals surface area contributed by atoms with Crippen LogP contribution in [-0.4, -0.2) is 55.2 Å². The Morgan fingerprint density at radius 3 is 1.98 bits per heavy atom. The maximum Gasteiger partial charge on any atom is 0.0680 e. The van der Waals surface area contributed by atoms with Crippen molar-refractivity contribution in [2.75, 3.05) is 26.2 Å². The molecule has 1 aromatic rings. The molecule has 1 fully saturated rings.